The lowest BCUT2D eigenvalue weighted by Crippen LogP contribution is -2.48. The summed E-state index contributed by atoms with van der Waals surface area (Å²) in [5.74, 6) is 1.49. The summed E-state index contributed by atoms with van der Waals surface area (Å²) in [5, 5.41) is 10.0. The Labute approximate surface area is 217 Å². The van der Waals surface area contributed by atoms with Crippen LogP contribution in [0.2, 0.25) is 5.02 Å². The van der Waals surface area contributed by atoms with Crippen molar-refractivity contribution < 1.29 is 9.53 Å². The highest BCUT2D eigenvalue weighted by molar-refractivity contribution is 6.30. The van der Waals surface area contributed by atoms with Crippen LogP contribution >= 0.6 is 11.6 Å². The van der Waals surface area contributed by atoms with Gasteiger partial charge in [-0.15, -0.1) is 0 Å². The lowest BCUT2D eigenvalue weighted by atomic mass is 9.71. The smallest absolute Gasteiger partial charge is 0.253 e. The number of carbonyl (C=O) groups is 1. The van der Waals surface area contributed by atoms with Crippen LogP contribution in [0.4, 0.5) is 0 Å². The van der Waals surface area contributed by atoms with Crippen LogP contribution in [-0.4, -0.2) is 41.9 Å². The Kier molecular flexibility index (Phi) is 7.27. The largest absolute Gasteiger partial charge is 0.456 e. The van der Waals surface area contributed by atoms with Crippen molar-refractivity contribution >= 4 is 17.5 Å². The summed E-state index contributed by atoms with van der Waals surface area (Å²) in [6, 6.07) is 24.8. The van der Waals surface area contributed by atoms with Gasteiger partial charge >= 0.3 is 0 Å². The molecule has 0 bridgehead atoms. The van der Waals surface area contributed by atoms with E-state index in [1.807, 2.05) is 53.4 Å². The van der Waals surface area contributed by atoms with Crippen molar-refractivity contribution in [2.75, 3.05) is 26.2 Å². The van der Waals surface area contributed by atoms with Gasteiger partial charge in [-0.1, -0.05) is 41.9 Å². The zero-order chi connectivity index (χ0) is 25.0. The van der Waals surface area contributed by atoms with Crippen LogP contribution in [0.15, 0.2) is 72.8 Å². The van der Waals surface area contributed by atoms with Crippen LogP contribution in [-0.2, 0) is 6.54 Å². The van der Waals surface area contributed by atoms with Crippen molar-refractivity contribution in [3.63, 3.8) is 0 Å². The van der Waals surface area contributed by atoms with E-state index in [4.69, 9.17) is 16.3 Å². The number of nitriles is 1. The number of nitrogens with zero attached hydrogens (tertiary/aromatic N) is 3. The summed E-state index contributed by atoms with van der Waals surface area (Å²) < 4.78 is 6.17. The SMILES string of the molecule is N#Cc1ccccc1Oc1ccccc1CN1CCC2(CC1)CCN(C(=O)c1ccc(Cl)cc1)CC2. The van der Waals surface area contributed by atoms with Gasteiger partial charge in [0.15, 0.2) is 0 Å². The highest BCUT2D eigenvalue weighted by atomic mass is 35.5. The third-order valence-electron chi connectivity index (χ3n) is 7.71. The van der Waals surface area contributed by atoms with Gasteiger partial charge in [-0.05, 0) is 86.7 Å². The van der Waals surface area contributed by atoms with Gasteiger partial charge in [-0.25, -0.2) is 0 Å². The number of piperidine rings is 2. The van der Waals surface area contributed by atoms with Gasteiger partial charge in [0.1, 0.15) is 17.6 Å². The van der Waals surface area contributed by atoms with Crippen LogP contribution in [0.3, 0.4) is 0 Å². The summed E-state index contributed by atoms with van der Waals surface area (Å²) in [7, 11) is 0. The minimum Gasteiger partial charge on any atom is -0.456 e. The predicted molar refractivity (Wildman–Crippen MR) is 141 cm³/mol. The predicted octanol–water partition coefficient (Wildman–Crippen LogP) is 6.52. The molecule has 5 rings (SSSR count). The Morgan fingerprint density at radius 1 is 0.861 bits per heavy atom. The summed E-state index contributed by atoms with van der Waals surface area (Å²) in [4.78, 5) is 17.4. The summed E-state index contributed by atoms with van der Waals surface area (Å²) in [6.07, 6.45) is 4.42. The van der Waals surface area contributed by atoms with Crippen LogP contribution < -0.4 is 4.74 Å². The molecule has 184 valence electrons. The molecule has 2 aliphatic rings. The van der Waals surface area contributed by atoms with Crippen molar-refractivity contribution in [2.45, 2.75) is 32.2 Å². The molecule has 0 saturated carbocycles. The van der Waals surface area contributed by atoms with Gasteiger partial charge in [0.2, 0.25) is 0 Å². The number of hydrogen-bond acceptors (Lipinski definition) is 4. The average Bonchev–Trinajstić information content (AvgIpc) is 2.92. The number of rotatable bonds is 5. The quantitative estimate of drug-likeness (QED) is 0.401. The monoisotopic (exact) mass is 499 g/mol. The molecule has 2 saturated heterocycles. The van der Waals surface area contributed by atoms with Gasteiger partial charge in [-0.2, -0.15) is 5.26 Å². The summed E-state index contributed by atoms with van der Waals surface area (Å²) >= 11 is 5.97. The zero-order valence-corrected chi connectivity index (χ0v) is 21.1. The molecule has 36 heavy (non-hydrogen) atoms. The van der Waals surface area contributed by atoms with E-state index in [1.165, 1.54) is 0 Å². The van der Waals surface area contributed by atoms with Crippen molar-refractivity contribution in [1.29, 1.82) is 5.26 Å². The number of likely N-dealkylation sites (tertiary alicyclic amines) is 2. The van der Waals surface area contributed by atoms with E-state index in [0.717, 1.165) is 69.7 Å². The second-order valence-corrected chi connectivity index (χ2v) is 10.3. The Morgan fingerprint density at radius 3 is 2.17 bits per heavy atom. The van der Waals surface area contributed by atoms with Gasteiger partial charge in [0.25, 0.3) is 5.91 Å². The molecule has 2 heterocycles. The zero-order valence-electron chi connectivity index (χ0n) is 20.3. The fourth-order valence-electron chi connectivity index (χ4n) is 5.39. The molecular weight excluding hydrogens is 470 g/mol. The Balaban J connectivity index is 1.17. The van der Waals surface area contributed by atoms with Crippen molar-refractivity contribution in [2.24, 2.45) is 5.41 Å². The lowest BCUT2D eigenvalue weighted by Gasteiger charge is -2.47. The average molecular weight is 500 g/mol. The maximum absolute atomic E-state index is 12.9. The van der Waals surface area contributed by atoms with Gasteiger partial charge < -0.3 is 9.64 Å². The van der Waals surface area contributed by atoms with Crippen molar-refractivity contribution in [3.05, 3.63) is 94.5 Å². The summed E-state index contributed by atoms with van der Waals surface area (Å²) in [6.45, 7) is 4.53. The maximum Gasteiger partial charge on any atom is 0.253 e. The van der Waals surface area contributed by atoms with E-state index in [1.54, 1.807) is 18.2 Å². The molecule has 6 heteroatoms. The molecule has 3 aromatic rings. The Hall–Kier alpha value is -3.33. The van der Waals surface area contributed by atoms with Crippen LogP contribution in [0, 0.1) is 16.7 Å². The molecule has 0 radical (unpaired) electrons. The maximum atomic E-state index is 12.9. The first-order chi connectivity index (χ1) is 17.5. The van der Waals surface area contributed by atoms with Crippen LogP contribution in [0.5, 0.6) is 11.5 Å². The molecule has 0 N–H and O–H groups in total. The van der Waals surface area contributed by atoms with E-state index >= 15 is 0 Å². The molecule has 1 amide bonds. The second kappa shape index (κ2) is 10.7. The van der Waals surface area contributed by atoms with E-state index < -0.39 is 0 Å². The molecule has 2 fully saturated rings. The highest BCUT2D eigenvalue weighted by Crippen LogP contribution is 2.42. The molecular formula is C30H30ClN3O2. The number of ether oxygens (including phenoxy) is 1. The van der Waals surface area contributed by atoms with Crippen molar-refractivity contribution in [1.82, 2.24) is 9.80 Å². The summed E-state index contributed by atoms with van der Waals surface area (Å²) in [5.41, 5.74) is 2.70. The molecule has 5 nitrogen and oxygen atoms in total. The minimum absolute atomic E-state index is 0.105. The fraction of sp³-hybridized carbons (Fsp3) is 0.333. The van der Waals surface area contributed by atoms with E-state index in [-0.39, 0.29) is 5.91 Å². The number of hydrogen-bond donors (Lipinski definition) is 0. The third kappa shape index (κ3) is 5.41. The van der Waals surface area contributed by atoms with E-state index in [9.17, 15) is 10.1 Å². The molecule has 0 aliphatic carbocycles. The number of benzene rings is 3. The molecule has 0 aromatic heterocycles. The Morgan fingerprint density at radius 2 is 1.47 bits per heavy atom. The van der Waals surface area contributed by atoms with Gasteiger partial charge in [-0.3, -0.25) is 9.69 Å². The molecule has 2 aliphatic heterocycles. The van der Waals surface area contributed by atoms with Gasteiger partial charge in [0, 0.05) is 35.8 Å². The van der Waals surface area contributed by atoms with Crippen LogP contribution in [0.25, 0.3) is 0 Å². The van der Waals surface area contributed by atoms with Crippen LogP contribution in [0.1, 0.15) is 47.2 Å². The third-order valence-corrected chi connectivity index (χ3v) is 7.97. The number of para-hydroxylation sites is 2. The standard InChI is InChI=1S/C30H30ClN3O2/c31-26-11-9-23(10-12-26)29(35)34-19-15-30(16-20-34)13-17-33(18-14-30)22-25-6-2-4-8-28(25)36-27-7-3-1-5-24(27)21-32/h1-12H,13-20,22H2. The van der Waals surface area contributed by atoms with Gasteiger partial charge in [0.05, 0.1) is 5.56 Å². The first-order valence-electron chi connectivity index (χ1n) is 12.6. The fourth-order valence-corrected chi connectivity index (χ4v) is 5.51. The number of halogens is 1. The Bertz CT molecular complexity index is 1250. The second-order valence-electron chi connectivity index (χ2n) is 9.89. The number of carbonyl (C=O) groups excluding carboxylic acids is 1. The molecule has 3 aromatic carbocycles. The normalized spacial score (nSPS) is 17.5. The van der Waals surface area contributed by atoms with E-state index in [2.05, 4.69) is 17.0 Å². The van der Waals surface area contributed by atoms with Crippen molar-refractivity contribution in [3.8, 4) is 17.6 Å². The lowest BCUT2D eigenvalue weighted by molar-refractivity contribution is 0.0284. The highest BCUT2D eigenvalue weighted by Gasteiger charge is 2.38. The topological polar surface area (TPSA) is 56.6 Å². The molecule has 0 atom stereocenters. The first-order valence-corrected chi connectivity index (χ1v) is 13.0. The number of amides is 1. The first kappa shape index (κ1) is 24.4. The molecule has 1 spiro atoms. The minimum atomic E-state index is 0.105. The molecule has 0 unspecified atom stereocenters. The van der Waals surface area contributed by atoms with E-state index in [0.29, 0.717) is 27.3 Å².